The fourth-order valence-corrected chi connectivity index (χ4v) is 3.52. The molecular weight excluding hydrogens is 498 g/mol. The second kappa shape index (κ2) is 18.7. The zero-order chi connectivity index (χ0) is 29.3. The van der Waals surface area contributed by atoms with Crippen molar-refractivity contribution in [2.45, 2.75) is 89.4 Å². The lowest BCUT2D eigenvalue weighted by molar-refractivity contribution is -0.142. The minimum absolute atomic E-state index is 0.115. The molecule has 0 spiro atoms. The monoisotopic (exact) mass is 543 g/mol. The maximum Gasteiger partial charge on any atom is 0.326 e. The molecule has 0 fully saturated rings. The van der Waals surface area contributed by atoms with Gasteiger partial charge in [0.25, 0.3) is 0 Å². The van der Waals surface area contributed by atoms with Crippen molar-refractivity contribution in [1.82, 2.24) is 16.0 Å². The Labute approximate surface area is 223 Å². The molecule has 0 bridgehead atoms. The summed E-state index contributed by atoms with van der Waals surface area (Å²) in [6.07, 6.45) is 1.56. The van der Waals surface area contributed by atoms with Crippen molar-refractivity contribution < 1.29 is 29.1 Å². The molecule has 0 aromatic rings. The smallest absolute Gasteiger partial charge is 0.326 e. The maximum absolute atomic E-state index is 13.2. The van der Waals surface area contributed by atoms with Crippen LogP contribution in [-0.4, -0.2) is 77.9 Å². The number of hydrogen-bond donors (Lipinski definition) is 9. The third-order valence-electron chi connectivity index (χ3n) is 5.51. The molecule has 0 aromatic heterocycles. The molecule has 0 aliphatic rings. The Kier molecular flexibility index (Phi) is 17.0. The van der Waals surface area contributed by atoms with Gasteiger partial charge in [-0.1, -0.05) is 13.8 Å². The van der Waals surface area contributed by atoms with Gasteiger partial charge in [-0.2, -0.15) is 0 Å². The molecule has 0 aliphatic heterocycles. The van der Waals surface area contributed by atoms with Crippen LogP contribution in [0.15, 0.2) is 4.99 Å². The second-order valence-corrected chi connectivity index (χ2v) is 9.50. The highest BCUT2D eigenvalue weighted by Crippen LogP contribution is 2.08. The van der Waals surface area contributed by atoms with E-state index < -0.39 is 53.8 Å². The second-order valence-electron chi connectivity index (χ2n) is 9.50. The van der Waals surface area contributed by atoms with Gasteiger partial charge in [0.15, 0.2) is 5.96 Å². The molecule has 0 radical (unpaired) electrons. The summed E-state index contributed by atoms with van der Waals surface area (Å²) in [5.74, 6) is -4.03. The van der Waals surface area contributed by atoms with E-state index in [2.05, 4.69) is 20.9 Å². The number of carboxylic acid groups (broad SMARTS) is 1. The maximum atomic E-state index is 13.2. The van der Waals surface area contributed by atoms with Crippen LogP contribution >= 0.6 is 0 Å². The summed E-state index contributed by atoms with van der Waals surface area (Å²) < 4.78 is 0. The van der Waals surface area contributed by atoms with Gasteiger partial charge in [0.05, 0.1) is 6.04 Å². The summed E-state index contributed by atoms with van der Waals surface area (Å²) >= 11 is 0. The number of primary amides is 1. The predicted molar refractivity (Wildman–Crippen MR) is 142 cm³/mol. The van der Waals surface area contributed by atoms with E-state index in [9.17, 15) is 29.1 Å². The first-order chi connectivity index (χ1) is 17.8. The largest absolute Gasteiger partial charge is 0.480 e. The highest BCUT2D eigenvalue weighted by atomic mass is 16.4. The number of carbonyl (C=O) groups is 5. The van der Waals surface area contributed by atoms with Gasteiger partial charge in [0, 0.05) is 13.0 Å². The zero-order valence-corrected chi connectivity index (χ0v) is 22.3. The van der Waals surface area contributed by atoms with Crippen molar-refractivity contribution in [3.63, 3.8) is 0 Å². The van der Waals surface area contributed by atoms with Crippen LogP contribution in [0.2, 0.25) is 0 Å². The van der Waals surface area contributed by atoms with E-state index in [1.807, 2.05) is 13.8 Å². The molecule has 0 heterocycles. The number of nitrogens with two attached hydrogens (primary N) is 5. The van der Waals surface area contributed by atoms with E-state index >= 15 is 0 Å². The molecule has 0 rings (SSSR count). The molecule has 4 amide bonds. The van der Waals surface area contributed by atoms with Gasteiger partial charge in [0.1, 0.15) is 18.1 Å². The molecule has 38 heavy (non-hydrogen) atoms. The highest BCUT2D eigenvalue weighted by Gasteiger charge is 2.30. The quantitative estimate of drug-likeness (QED) is 0.0436. The fourth-order valence-electron chi connectivity index (χ4n) is 3.52. The lowest BCUT2D eigenvalue weighted by Crippen LogP contribution is -2.57. The normalized spacial score (nSPS) is 14.0. The van der Waals surface area contributed by atoms with Gasteiger partial charge in [-0.3, -0.25) is 24.2 Å². The van der Waals surface area contributed by atoms with Crippen molar-refractivity contribution in [3.8, 4) is 0 Å². The Morgan fingerprint density at radius 3 is 1.82 bits per heavy atom. The molecule has 218 valence electrons. The van der Waals surface area contributed by atoms with Gasteiger partial charge in [-0.25, -0.2) is 4.79 Å². The average Bonchev–Trinajstić information content (AvgIpc) is 2.81. The standard InChI is InChI=1S/C23H45N9O6/c1-13(2)12-14(25)19(34)30-15(7-5-11-29-23(27)28)20(35)31-16(8-9-18(26)33)21(36)32-17(22(37)38)6-3-4-10-24/h13-17H,3-12,24-25H2,1-2H3,(H2,26,33)(H,30,34)(H,31,35)(H,32,36)(H,37,38)(H4,27,28,29). The molecule has 15 nitrogen and oxygen atoms in total. The average molecular weight is 544 g/mol. The third-order valence-corrected chi connectivity index (χ3v) is 5.51. The summed E-state index contributed by atoms with van der Waals surface area (Å²) in [7, 11) is 0. The summed E-state index contributed by atoms with van der Waals surface area (Å²) in [5, 5.41) is 17.0. The number of carbonyl (C=O) groups excluding carboxylic acids is 4. The minimum Gasteiger partial charge on any atom is -0.480 e. The first kappa shape index (κ1) is 34.5. The lowest BCUT2D eigenvalue weighted by Gasteiger charge is -2.25. The summed E-state index contributed by atoms with van der Waals surface area (Å²) in [4.78, 5) is 65.5. The molecule has 0 aliphatic carbocycles. The van der Waals surface area contributed by atoms with Crippen LogP contribution in [0.4, 0.5) is 0 Å². The van der Waals surface area contributed by atoms with Crippen LogP contribution in [-0.2, 0) is 24.0 Å². The van der Waals surface area contributed by atoms with E-state index in [1.54, 1.807) is 0 Å². The van der Waals surface area contributed by atoms with Crippen molar-refractivity contribution in [2.75, 3.05) is 13.1 Å². The molecule has 15 heteroatoms. The van der Waals surface area contributed by atoms with E-state index in [0.29, 0.717) is 32.2 Å². The van der Waals surface area contributed by atoms with Gasteiger partial charge in [-0.05, 0) is 57.4 Å². The molecular formula is C23H45N9O6. The molecule has 0 aromatic carbocycles. The van der Waals surface area contributed by atoms with E-state index in [1.165, 1.54) is 0 Å². The Morgan fingerprint density at radius 2 is 1.32 bits per heavy atom. The topological polar surface area (TPSA) is 284 Å². The molecule has 14 N–H and O–H groups in total. The number of nitrogens with one attached hydrogen (secondary N) is 3. The molecule has 4 unspecified atom stereocenters. The Hall–Kier alpha value is -3.46. The van der Waals surface area contributed by atoms with Crippen molar-refractivity contribution >= 4 is 35.6 Å². The van der Waals surface area contributed by atoms with Crippen LogP contribution in [0.5, 0.6) is 0 Å². The van der Waals surface area contributed by atoms with Gasteiger partial charge in [-0.15, -0.1) is 0 Å². The molecule has 4 atom stereocenters. The highest BCUT2D eigenvalue weighted by molar-refractivity contribution is 5.94. The first-order valence-electron chi connectivity index (χ1n) is 12.7. The number of aliphatic imine (C=N–C) groups is 1. The SMILES string of the molecule is CC(C)CC(N)C(=O)NC(CCCN=C(N)N)C(=O)NC(CCC(N)=O)C(=O)NC(CCCCN)C(=O)O. The van der Waals surface area contributed by atoms with Crippen LogP contribution in [0.1, 0.15) is 65.2 Å². The van der Waals surface area contributed by atoms with Crippen LogP contribution in [0, 0.1) is 5.92 Å². The number of carboxylic acids is 1. The van der Waals surface area contributed by atoms with Gasteiger partial charge >= 0.3 is 5.97 Å². The molecule has 0 saturated heterocycles. The zero-order valence-electron chi connectivity index (χ0n) is 22.3. The number of guanidine groups is 1. The first-order valence-corrected chi connectivity index (χ1v) is 12.7. The summed E-state index contributed by atoms with van der Waals surface area (Å²) in [5.41, 5.74) is 27.3. The van der Waals surface area contributed by atoms with E-state index in [4.69, 9.17) is 28.7 Å². The predicted octanol–water partition coefficient (Wildman–Crippen LogP) is -2.65. The number of aliphatic carboxylic acids is 1. The number of rotatable bonds is 20. The Morgan fingerprint density at radius 1 is 0.789 bits per heavy atom. The van der Waals surface area contributed by atoms with Crippen LogP contribution < -0.4 is 44.6 Å². The third kappa shape index (κ3) is 15.6. The van der Waals surface area contributed by atoms with Gasteiger partial charge in [0.2, 0.25) is 23.6 Å². The van der Waals surface area contributed by atoms with E-state index in [-0.39, 0.29) is 44.1 Å². The number of unbranched alkanes of at least 4 members (excludes halogenated alkanes) is 1. The Balaban J connectivity index is 5.65. The fraction of sp³-hybridized carbons (Fsp3) is 0.739. The van der Waals surface area contributed by atoms with E-state index in [0.717, 1.165) is 0 Å². The Bertz CT molecular complexity index is 817. The lowest BCUT2D eigenvalue weighted by atomic mass is 10.0. The van der Waals surface area contributed by atoms with Crippen molar-refractivity contribution in [3.05, 3.63) is 0 Å². The van der Waals surface area contributed by atoms with Gasteiger partial charge < -0.3 is 49.7 Å². The van der Waals surface area contributed by atoms with Crippen molar-refractivity contribution in [2.24, 2.45) is 39.6 Å². The van der Waals surface area contributed by atoms with Crippen LogP contribution in [0.3, 0.4) is 0 Å². The van der Waals surface area contributed by atoms with Crippen LogP contribution in [0.25, 0.3) is 0 Å². The minimum atomic E-state index is -1.28. The van der Waals surface area contributed by atoms with Crippen molar-refractivity contribution in [1.29, 1.82) is 0 Å². The number of nitrogens with zero attached hydrogens (tertiary/aromatic N) is 1. The summed E-state index contributed by atoms with van der Waals surface area (Å²) in [6, 6.07) is -4.46. The number of hydrogen-bond acceptors (Lipinski definition) is 8. The molecule has 0 saturated carbocycles. The summed E-state index contributed by atoms with van der Waals surface area (Å²) in [6.45, 7) is 4.35. The number of amides is 4.